The van der Waals surface area contributed by atoms with Crippen LogP contribution in [0.1, 0.15) is 22.3 Å². The van der Waals surface area contributed by atoms with E-state index >= 15 is 0 Å². The van der Waals surface area contributed by atoms with Gasteiger partial charge in [-0.15, -0.1) is 0 Å². The summed E-state index contributed by atoms with van der Waals surface area (Å²) in [5.74, 6) is 0. The smallest absolute Gasteiger partial charge is 0.0497 e. The van der Waals surface area contributed by atoms with Crippen molar-refractivity contribution in [3.8, 4) is 0 Å². The maximum Gasteiger partial charge on any atom is 0.0497 e. The van der Waals surface area contributed by atoms with Gasteiger partial charge in [0.15, 0.2) is 0 Å². The van der Waals surface area contributed by atoms with Gasteiger partial charge in [0, 0.05) is 58.3 Å². The Morgan fingerprint density at radius 1 is 0.341 bits per heavy atom. The molecule has 8 rings (SSSR count). The molecule has 0 amide bonds. The van der Waals surface area contributed by atoms with E-state index in [0.29, 0.717) is 0 Å². The summed E-state index contributed by atoms with van der Waals surface area (Å²) >= 11 is 0. The summed E-state index contributed by atoms with van der Waals surface area (Å²) in [6.45, 7) is 0. The minimum Gasteiger partial charge on any atom is -0.356 e. The normalized spacial score (nSPS) is 13.1. The number of nitrogens with one attached hydrogen (secondary N) is 1. The monoisotopic (exact) mass is 527 g/mol. The highest BCUT2D eigenvalue weighted by Gasteiger charge is 2.24. The van der Waals surface area contributed by atoms with Gasteiger partial charge in [0.1, 0.15) is 0 Å². The Balaban J connectivity index is 1.07. The van der Waals surface area contributed by atoms with Crippen molar-refractivity contribution < 1.29 is 0 Å². The van der Waals surface area contributed by atoms with Crippen LogP contribution in [-0.4, -0.2) is 0 Å². The topological polar surface area (TPSA) is 18.5 Å². The molecule has 0 aromatic heterocycles. The van der Waals surface area contributed by atoms with Crippen LogP contribution in [-0.2, 0) is 12.8 Å². The van der Waals surface area contributed by atoms with Crippen molar-refractivity contribution >= 4 is 45.5 Å². The summed E-state index contributed by atoms with van der Waals surface area (Å²) in [5.41, 5.74) is 14.9. The van der Waals surface area contributed by atoms with Gasteiger partial charge in [-0.2, -0.15) is 0 Å². The quantitative estimate of drug-likeness (QED) is 0.246. The lowest BCUT2D eigenvalue weighted by atomic mass is 9.95. The average Bonchev–Trinajstić information content (AvgIpc) is 3.03. The summed E-state index contributed by atoms with van der Waals surface area (Å²) in [6.07, 6.45) is 1.93. The predicted octanol–water partition coefficient (Wildman–Crippen LogP) is 10.2. The van der Waals surface area contributed by atoms with E-state index in [2.05, 4.69) is 161 Å². The lowest BCUT2D eigenvalue weighted by Gasteiger charge is -2.33. The van der Waals surface area contributed by atoms with Crippen molar-refractivity contribution in [1.82, 2.24) is 0 Å². The van der Waals surface area contributed by atoms with Gasteiger partial charge in [0.05, 0.1) is 0 Å². The van der Waals surface area contributed by atoms with Gasteiger partial charge in [-0.25, -0.2) is 0 Å². The molecule has 3 nitrogen and oxygen atoms in total. The van der Waals surface area contributed by atoms with E-state index in [9.17, 15) is 0 Å². The third kappa shape index (κ3) is 4.14. The molecular weight excluding hydrogens is 498 g/mol. The molecule has 0 spiro atoms. The molecule has 0 saturated heterocycles. The van der Waals surface area contributed by atoms with Crippen LogP contribution in [0.15, 0.2) is 146 Å². The molecule has 0 fully saturated rings. The van der Waals surface area contributed by atoms with Crippen LogP contribution in [0.3, 0.4) is 0 Å². The highest BCUT2D eigenvalue weighted by molar-refractivity contribution is 5.85. The van der Waals surface area contributed by atoms with Crippen molar-refractivity contribution in [3.05, 3.63) is 168 Å². The zero-order valence-electron chi connectivity index (χ0n) is 22.7. The van der Waals surface area contributed by atoms with Gasteiger partial charge in [-0.1, -0.05) is 72.8 Å². The SMILES string of the molecule is c1ccc2c(c1)Cc1ccccc1N2c1ccc(Nc2ccc(N3c4ccccc4Cc4ccccc43)cc2)cc1. The van der Waals surface area contributed by atoms with E-state index in [0.717, 1.165) is 35.6 Å². The molecule has 1 N–H and O–H groups in total. The molecular formula is C38H29N3. The average molecular weight is 528 g/mol. The molecule has 0 unspecified atom stereocenters. The Kier molecular flexibility index (Phi) is 5.60. The summed E-state index contributed by atoms with van der Waals surface area (Å²) in [4.78, 5) is 4.75. The van der Waals surface area contributed by atoms with Crippen LogP contribution in [0.5, 0.6) is 0 Å². The molecule has 196 valence electrons. The fraction of sp³-hybridized carbons (Fsp3) is 0.0526. The Morgan fingerprint density at radius 2 is 0.634 bits per heavy atom. The summed E-state index contributed by atoms with van der Waals surface area (Å²) < 4.78 is 0. The Morgan fingerprint density at radius 3 is 0.951 bits per heavy atom. The van der Waals surface area contributed by atoms with Gasteiger partial charge in [-0.3, -0.25) is 0 Å². The second-order valence-corrected chi connectivity index (χ2v) is 10.8. The van der Waals surface area contributed by atoms with E-state index in [1.54, 1.807) is 0 Å². The van der Waals surface area contributed by atoms with E-state index in [1.807, 2.05) is 0 Å². The van der Waals surface area contributed by atoms with Crippen molar-refractivity contribution in [2.45, 2.75) is 12.8 Å². The summed E-state index contributed by atoms with van der Waals surface area (Å²) in [5, 5.41) is 3.60. The lowest BCUT2D eigenvalue weighted by molar-refractivity contribution is 1.09. The first-order valence-electron chi connectivity index (χ1n) is 14.2. The van der Waals surface area contributed by atoms with Gasteiger partial charge in [0.2, 0.25) is 0 Å². The minimum absolute atomic E-state index is 0.965. The van der Waals surface area contributed by atoms with Crippen LogP contribution in [0.2, 0.25) is 0 Å². The van der Waals surface area contributed by atoms with E-state index in [1.165, 1.54) is 45.0 Å². The number of para-hydroxylation sites is 4. The Bertz CT molecular complexity index is 1640. The Labute approximate surface area is 241 Å². The summed E-state index contributed by atoms with van der Waals surface area (Å²) in [7, 11) is 0. The van der Waals surface area contributed by atoms with Gasteiger partial charge < -0.3 is 15.1 Å². The second kappa shape index (κ2) is 9.72. The van der Waals surface area contributed by atoms with Gasteiger partial charge in [0.25, 0.3) is 0 Å². The van der Waals surface area contributed by atoms with Gasteiger partial charge in [-0.05, 0) is 95.1 Å². The molecule has 2 aliphatic rings. The van der Waals surface area contributed by atoms with Crippen LogP contribution < -0.4 is 15.1 Å². The zero-order chi connectivity index (χ0) is 27.2. The van der Waals surface area contributed by atoms with E-state index in [4.69, 9.17) is 0 Å². The molecule has 0 aliphatic carbocycles. The molecule has 0 radical (unpaired) electrons. The first-order valence-corrected chi connectivity index (χ1v) is 14.2. The van der Waals surface area contributed by atoms with Crippen molar-refractivity contribution in [3.63, 3.8) is 0 Å². The molecule has 6 aromatic carbocycles. The number of benzene rings is 6. The second-order valence-electron chi connectivity index (χ2n) is 10.8. The highest BCUT2D eigenvalue weighted by Crippen LogP contribution is 2.45. The largest absolute Gasteiger partial charge is 0.356 e. The van der Waals surface area contributed by atoms with Crippen LogP contribution in [0.25, 0.3) is 0 Å². The van der Waals surface area contributed by atoms with Crippen LogP contribution in [0.4, 0.5) is 45.5 Å². The van der Waals surface area contributed by atoms with E-state index in [-0.39, 0.29) is 0 Å². The maximum absolute atomic E-state index is 3.60. The third-order valence-electron chi connectivity index (χ3n) is 8.23. The minimum atomic E-state index is 0.965. The van der Waals surface area contributed by atoms with Crippen molar-refractivity contribution in [2.24, 2.45) is 0 Å². The number of rotatable bonds is 4. The number of hydrogen-bond acceptors (Lipinski definition) is 3. The van der Waals surface area contributed by atoms with Crippen molar-refractivity contribution in [2.75, 3.05) is 15.1 Å². The maximum atomic E-state index is 3.60. The molecule has 2 heterocycles. The zero-order valence-corrected chi connectivity index (χ0v) is 22.7. The standard InChI is InChI=1S/C38H29N3/c1-5-13-35-27(9-1)25-28-10-2-6-14-36(28)40(35)33-21-17-31(18-22-33)39-32-19-23-34(24-20-32)41-37-15-7-3-11-29(37)26-30-12-4-8-16-38(30)41/h1-24,39H,25-26H2. The molecule has 0 atom stereocenters. The molecule has 6 aromatic rings. The molecule has 0 bridgehead atoms. The highest BCUT2D eigenvalue weighted by atomic mass is 15.2. The number of fused-ring (bicyclic) bond motifs is 4. The first-order chi connectivity index (χ1) is 20.3. The lowest BCUT2D eigenvalue weighted by Crippen LogP contribution is -2.18. The fourth-order valence-electron chi connectivity index (χ4n) is 6.29. The van der Waals surface area contributed by atoms with Crippen molar-refractivity contribution in [1.29, 1.82) is 0 Å². The summed E-state index contributed by atoms with van der Waals surface area (Å²) in [6, 6.07) is 52.3. The number of anilines is 8. The first kappa shape index (κ1) is 23.6. The van der Waals surface area contributed by atoms with Crippen LogP contribution >= 0.6 is 0 Å². The number of hydrogen-bond donors (Lipinski definition) is 1. The Hall–Kier alpha value is -5.28. The predicted molar refractivity (Wildman–Crippen MR) is 171 cm³/mol. The van der Waals surface area contributed by atoms with Gasteiger partial charge >= 0.3 is 0 Å². The van der Waals surface area contributed by atoms with E-state index < -0.39 is 0 Å². The van der Waals surface area contributed by atoms with Crippen LogP contribution in [0, 0.1) is 0 Å². The molecule has 3 heteroatoms. The third-order valence-corrected chi connectivity index (χ3v) is 8.23. The number of nitrogens with zero attached hydrogens (tertiary/aromatic N) is 2. The molecule has 41 heavy (non-hydrogen) atoms. The fourth-order valence-corrected chi connectivity index (χ4v) is 6.29. The molecule has 2 aliphatic heterocycles. The molecule has 0 saturated carbocycles.